The molecule has 0 fully saturated rings. The molecule has 2 rings (SSSR count). The Balaban J connectivity index is 0.00000242. The number of ether oxygens (including phenoxy) is 1. The molecule has 0 amide bonds. The Morgan fingerprint density at radius 1 is 1.45 bits per heavy atom. The van der Waals surface area contributed by atoms with Gasteiger partial charge in [-0.2, -0.15) is 0 Å². The van der Waals surface area contributed by atoms with Crippen molar-refractivity contribution in [1.29, 1.82) is 0 Å². The van der Waals surface area contributed by atoms with Crippen molar-refractivity contribution in [3.8, 4) is 0 Å². The zero-order chi connectivity index (χ0) is 15.2. The molecule has 1 heterocycles. The minimum atomic E-state index is -0.387. The van der Waals surface area contributed by atoms with Crippen molar-refractivity contribution in [2.75, 3.05) is 14.2 Å². The van der Waals surface area contributed by atoms with Crippen LogP contribution in [0.5, 0.6) is 0 Å². The van der Waals surface area contributed by atoms with Gasteiger partial charge < -0.3 is 19.8 Å². The number of guanidine groups is 1. The third kappa shape index (κ3) is 4.75. The van der Waals surface area contributed by atoms with Crippen molar-refractivity contribution in [1.82, 2.24) is 10.6 Å². The van der Waals surface area contributed by atoms with Crippen LogP contribution in [0.15, 0.2) is 27.6 Å². The minimum Gasteiger partial charge on any atom is -0.465 e. The Kier molecular flexibility index (Phi) is 7.43. The maximum atomic E-state index is 11.5. The largest absolute Gasteiger partial charge is 0.465 e. The van der Waals surface area contributed by atoms with Gasteiger partial charge in [0, 0.05) is 13.1 Å². The molecule has 1 aromatic heterocycles. The Morgan fingerprint density at radius 3 is 2.73 bits per heavy atom. The predicted molar refractivity (Wildman–Crippen MR) is 95.7 cm³/mol. The van der Waals surface area contributed by atoms with Gasteiger partial charge in [-0.1, -0.05) is 12.2 Å². The first kappa shape index (κ1) is 18.5. The van der Waals surface area contributed by atoms with Crippen LogP contribution in [-0.4, -0.2) is 32.1 Å². The van der Waals surface area contributed by atoms with Gasteiger partial charge in [0.1, 0.15) is 17.1 Å². The lowest BCUT2D eigenvalue weighted by atomic mass is 10.2. The Hall–Kier alpha value is -1.51. The van der Waals surface area contributed by atoms with Crippen LogP contribution in [0, 0.1) is 6.92 Å². The number of carbonyl (C=O) groups excluding carboxylic acids is 1. The highest BCUT2D eigenvalue weighted by Gasteiger charge is 2.16. The number of aliphatic imine (C=N–C) groups is 1. The lowest BCUT2D eigenvalue weighted by Gasteiger charge is -2.16. The van der Waals surface area contributed by atoms with Crippen LogP contribution in [0.25, 0.3) is 0 Å². The van der Waals surface area contributed by atoms with E-state index < -0.39 is 0 Å². The van der Waals surface area contributed by atoms with Crippen LogP contribution in [0.3, 0.4) is 0 Å². The normalized spacial score (nSPS) is 14.6. The molecule has 1 aromatic rings. The van der Waals surface area contributed by atoms with E-state index in [-0.39, 0.29) is 29.9 Å². The average molecular weight is 419 g/mol. The minimum absolute atomic E-state index is 0. The fraction of sp³-hybridized carbons (Fsp3) is 0.467. The van der Waals surface area contributed by atoms with E-state index in [2.05, 4.69) is 27.8 Å². The summed E-state index contributed by atoms with van der Waals surface area (Å²) in [5.41, 5.74) is 0.456. The van der Waals surface area contributed by atoms with Gasteiger partial charge in [0.2, 0.25) is 0 Å². The second kappa shape index (κ2) is 8.82. The summed E-state index contributed by atoms with van der Waals surface area (Å²) in [5, 5.41) is 6.51. The van der Waals surface area contributed by atoms with Crippen molar-refractivity contribution < 1.29 is 13.9 Å². The van der Waals surface area contributed by atoms with Crippen LogP contribution in [0.1, 0.15) is 34.7 Å². The second-order valence-corrected chi connectivity index (χ2v) is 4.88. The summed E-state index contributed by atoms with van der Waals surface area (Å²) < 4.78 is 10.2. The number of carbonyl (C=O) groups is 1. The summed E-state index contributed by atoms with van der Waals surface area (Å²) in [7, 11) is 3.08. The van der Waals surface area contributed by atoms with Gasteiger partial charge in [0.15, 0.2) is 5.96 Å². The molecule has 2 N–H and O–H groups in total. The molecule has 0 aliphatic heterocycles. The van der Waals surface area contributed by atoms with E-state index in [0.29, 0.717) is 29.7 Å². The molecule has 0 radical (unpaired) electrons. The van der Waals surface area contributed by atoms with Gasteiger partial charge in [-0.25, -0.2) is 4.79 Å². The lowest BCUT2D eigenvalue weighted by molar-refractivity contribution is 0.0599. The highest BCUT2D eigenvalue weighted by atomic mass is 127. The molecule has 0 atom stereocenters. The summed E-state index contributed by atoms with van der Waals surface area (Å²) in [6.45, 7) is 2.20. The van der Waals surface area contributed by atoms with Crippen LogP contribution >= 0.6 is 24.0 Å². The number of aryl methyl sites for hydroxylation is 1. The molecule has 1 aliphatic rings. The van der Waals surface area contributed by atoms with Crippen molar-refractivity contribution in [3.05, 3.63) is 35.3 Å². The Morgan fingerprint density at radius 2 is 2.14 bits per heavy atom. The van der Waals surface area contributed by atoms with Gasteiger partial charge in [-0.3, -0.25) is 4.99 Å². The fourth-order valence-electron chi connectivity index (χ4n) is 2.24. The fourth-order valence-corrected chi connectivity index (χ4v) is 2.24. The number of esters is 1. The number of halogens is 1. The first-order chi connectivity index (χ1) is 10.1. The first-order valence-corrected chi connectivity index (χ1v) is 6.94. The third-order valence-electron chi connectivity index (χ3n) is 3.38. The maximum absolute atomic E-state index is 11.5. The second-order valence-electron chi connectivity index (χ2n) is 4.88. The van der Waals surface area contributed by atoms with E-state index in [1.54, 1.807) is 20.0 Å². The molecule has 0 bridgehead atoms. The molecule has 7 heteroatoms. The summed E-state index contributed by atoms with van der Waals surface area (Å²) in [6, 6.07) is 2.08. The molecule has 0 aromatic carbocycles. The standard InChI is InChI=1S/C15H21N3O3.HI/c1-10-13(14(19)20-3)8-12(21-10)9-17-15(16-2)18-11-6-4-5-7-11;/h4-5,8,11H,6-7,9H2,1-3H3,(H2,16,17,18);1H. The molecule has 122 valence electrons. The summed E-state index contributed by atoms with van der Waals surface area (Å²) in [5.74, 6) is 1.56. The number of nitrogens with zero attached hydrogens (tertiary/aromatic N) is 1. The quantitative estimate of drug-likeness (QED) is 0.258. The first-order valence-electron chi connectivity index (χ1n) is 6.94. The lowest BCUT2D eigenvalue weighted by Crippen LogP contribution is -2.42. The molecule has 0 spiro atoms. The van der Waals surface area contributed by atoms with E-state index in [4.69, 9.17) is 9.15 Å². The van der Waals surface area contributed by atoms with Crippen molar-refractivity contribution in [2.45, 2.75) is 32.4 Å². The van der Waals surface area contributed by atoms with Crippen LogP contribution in [0.2, 0.25) is 0 Å². The smallest absolute Gasteiger partial charge is 0.341 e. The van der Waals surface area contributed by atoms with Gasteiger partial charge in [-0.15, -0.1) is 24.0 Å². The van der Waals surface area contributed by atoms with Crippen LogP contribution < -0.4 is 10.6 Å². The van der Waals surface area contributed by atoms with E-state index in [1.807, 2.05) is 0 Å². The van der Waals surface area contributed by atoms with Crippen LogP contribution in [0.4, 0.5) is 0 Å². The van der Waals surface area contributed by atoms with E-state index >= 15 is 0 Å². The summed E-state index contributed by atoms with van der Waals surface area (Å²) in [4.78, 5) is 15.7. The number of furan rings is 1. The highest BCUT2D eigenvalue weighted by Crippen LogP contribution is 2.15. The number of hydrogen-bond acceptors (Lipinski definition) is 4. The highest BCUT2D eigenvalue weighted by molar-refractivity contribution is 14.0. The zero-order valence-electron chi connectivity index (χ0n) is 13.0. The molecule has 0 saturated heterocycles. The monoisotopic (exact) mass is 419 g/mol. The SMILES string of the molecule is CN=C(NCc1cc(C(=O)OC)c(C)o1)NC1CC=CC1.I. The zero-order valence-corrected chi connectivity index (χ0v) is 15.3. The third-order valence-corrected chi connectivity index (χ3v) is 3.38. The Bertz CT molecular complexity index is 558. The topological polar surface area (TPSA) is 75.9 Å². The molecular weight excluding hydrogens is 397 g/mol. The van der Waals surface area contributed by atoms with Crippen molar-refractivity contribution in [3.63, 3.8) is 0 Å². The van der Waals surface area contributed by atoms with Crippen LogP contribution in [-0.2, 0) is 11.3 Å². The van der Waals surface area contributed by atoms with Gasteiger partial charge in [0.05, 0.1) is 13.7 Å². The van der Waals surface area contributed by atoms with Gasteiger partial charge in [-0.05, 0) is 25.8 Å². The molecule has 22 heavy (non-hydrogen) atoms. The maximum Gasteiger partial charge on any atom is 0.341 e. The number of rotatable bonds is 4. The van der Waals surface area contributed by atoms with E-state index in [1.165, 1.54) is 7.11 Å². The molecule has 0 unspecified atom stereocenters. The number of hydrogen-bond donors (Lipinski definition) is 2. The van der Waals surface area contributed by atoms with Gasteiger partial charge in [0.25, 0.3) is 0 Å². The number of methoxy groups -OCH3 is 1. The van der Waals surface area contributed by atoms with Crippen molar-refractivity contribution in [2.24, 2.45) is 4.99 Å². The predicted octanol–water partition coefficient (Wildman–Crippen LogP) is 2.38. The summed E-state index contributed by atoms with van der Waals surface area (Å²) in [6.07, 6.45) is 6.33. The average Bonchev–Trinajstić information content (AvgIpc) is 3.12. The molecule has 1 aliphatic carbocycles. The van der Waals surface area contributed by atoms with E-state index in [9.17, 15) is 4.79 Å². The molecule has 6 nitrogen and oxygen atoms in total. The van der Waals surface area contributed by atoms with Crippen molar-refractivity contribution >= 4 is 35.9 Å². The molecular formula is C15H22IN3O3. The van der Waals surface area contributed by atoms with Gasteiger partial charge >= 0.3 is 5.97 Å². The number of nitrogens with one attached hydrogen (secondary N) is 2. The molecule has 0 saturated carbocycles. The van der Waals surface area contributed by atoms with E-state index in [0.717, 1.165) is 18.8 Å². The summed E-state index contributed by atoms with van der Waals surface area (Å²) >= 11 is 0. The Labute approximate surface area is 147 Å².